The minimum absolute atomic E-state index is 0.128. The first-order valence-electron chi connectivity index (χ1n) is 10.7. The molecule has 1 amide bonds. The van der Waals surface area contributed by atoms with Crippen molar-refractivity contribution in [1.82, 2.24) is 24.9 Å². The lowest BCUT2D eigenvalue weighted by Gasteiger charge is -2.34. The van der Waals surface area contributed by atoms with E-state index in [-0.39, 0.29) is 11.9 Å². The van der Waals surface area contributed by atoms with E-state index in [4.69, 9.17) is 20.9 Å². The molecule has 0 atom stereocenters. The molecule has 0 unspecified atom stereocenters. The van der Waals surface area contributed by atoms with E-state index in [1.54, 1.807) is 13.3 Å². The number of likely N-dealkylation sites (tertiary alicyclic amines) is 1. The number of ether oxygens (including phenoxy) is 1. The molecule has 0 aromatic carbocycles. The summed E-state index contributed by atoms with van der Waals surface area (Å²) in [7, 11) is 1.61. The molecule has 0 aliphatic carbocycles. The summed E-state index contributed by atoms with van der Waals surface area (Å²) >= 11 is 7.46. The molecule has 4 rings (SSSR count). The van der Waals surface area contributed by atoms with Crippen LogP contribution in [0.2, 0.25) is 4.34 Å². The summed E-state index contributed by atoms with van der Waals surface area (Å²) in [5.41, 5.74) is 1.19. The molecule has 0 radical (unpaired) electrons. The predicted molar refractivity (Wildman–Crippen MR) is 124 cm³/mol. The second kappa shape index (κ2) is 10.2. The Balaban J connectivity index is 1.48. The molecule has 32 heavy (non-hydrogen) atoms. The fraction of sp³-hybridized carbons (Fsp3) is 0.500. The Morgan fingerprint density at radius 2 is 2.16 bits per heavy atom. The molecule has 0 spiro atoms. The van der Waals surface area contributed by atoms with E-state index < -0.39 is 0 Å². The maximum absolute atomic E-state index is 13.1. The number of nitrogens with zero attached hydrogens (tertiary/aromatic N) is 4. The van der Waals surface area contributed by atoms with E-state index in [1.165, 1.54) is 11.3 Å². The monoisotopic (exact) mass is 477 g/mol. The van der Waals surface area contributed by atoms with Gasteiger partial charge in [-0.2, -0.15) is 0 Å². The third-order valence-corrected chi connectivity index (χ3v) is 6.98. The van der Waals surface area contributed by atoms with Crippen LogP contribution in [0.25, 0.3) is 10.6 Å². The van der Waals surface area contributed by atoms with Crippen LogP contribution in [0, 0.1) is 0 Å². The summed E-state index contributed by atoms with van der Waals surface area (Å²) < 4.78 is 13.3. The number of hydrogen-bond acceptors (Lipinski definition) is 7. The Labute approximate surface area is 196 Å². The summed E-state index contributed by atoms with van der Waals surface area (Å²) in [5.74, 6) is 1.18. The van der Waals surface area contributed by atoms with Crippen LogP contribution in [0.15, 0.2) is 28.9 Å². The number of imidazole rings is 1. The first-order chi connectivity index (χ1) is 15.4. The van der Waals surface area contributed by atoms with E-state index >= 15 is 0 Å². The molecule has 0 saturated carbocycles. The van der Waals surface area contributed by atoms with Gasteiger partial charge < -0.3 is 24.0 Å². The molecule has 1 N–H and O–H groups in total. The highest BCUT2D eigenvalue weighted by Gasteiger charge is 2.25. The van der Waals surface area contributed by atoms with Crippen molar-refractivity contribution < 1.29 is 14.1 Å². The van der Waals surface area contributed by atoms with Gasteiger partial charge in [0.15, 0.2) is 5.76 Å². The molecule has 3 aromatic rings. The number of methoxy groups -OCH3 is 1. The second-order valence-corrected chi connectivity index (χ2v) is 9.96. The minimum atomic E-state index is -0.128. The molecule has 8 nitrogen and oxygen atoms in total. The zero-order valence-electron chi connectivity index (χ0n) is 18.5. The van der Waals surface area contributed by atoms with Gasteiger partial charge in [0.1, 0.15) is 23.8 Å². The van der Waals surface area contributed by atoms with Crippen molar-refractivity contribution >= 4 is 28.8 Å². The van der Waals surface area contributed by atoms with Gasteiger partial charge in [-0.05, 0) is 38.8 Å². The Hall–Kier alpha value is -2.20. The van der Waals surface area contributed by atoms with Crippen molar-refractivity contribution in [1.29, 1.82) is 0 Å². The zero-order chi connectivity index (χ0) is 22.7. The number of halogens is 1. The number of piperidine rings is 1. The molecule has 0 bridgehead atoms. The summed E-state index contributed by atoms with van der Waals surface area (Å²) in [4.78, 5) is 20.9. The van der Waals surface area contributed by atoms with E-state index in [1.807, 2.05) is 22.8 Å². The average molecular weight is 478 g/mol. The van der Waals surface area contributed by atoms with Crippen LogP contribution in [0.1, 0.15) is 48.7 Å². The van der Waals surface area contributed by atoms with Gasteiger partial charge in [-0.1, -0.05) is 16.8 Å². The number of hydrogen-bond donors (Lipinski definition) is 1. The van der Waals surface area contributed by atoms with Crippen molar-refractivity contribution in [2.75, 3.05) is 20.2 Å². The van der Waals surface area contributed by atoms with Crippen molar-refractivity contribution in [3.05, 3.63) is 45.9 Å². The van der Waals surface area contributed by atoms with Gasteiger partial charge in [0.25, 0.3) is 5.91 Å². The number of nitrogens with one attached hydrogen (secondary N) is 1. The Morgan fingerprint density at radius 1 is 1.38 bits per heavy atom. The molecule has 1 aliphatic heterocycles. The van der Waals surface area contributed by atoms with Crippen molar-refractivity contribution in [2.45, 2.75) is 51.9 Å². The lowest BCUT2D eigenvalue weighted by molar-refractivity contribution is 0.0890. The number of amides is 1. The summed E-state index contributed by atoms with van der Waals surface area (Å²) in [6, 6.07) is 6.28. The van der Waals surface area contributed by atoms with Crippen LogP contribution >= 0.6 is 22.9 Å². The van der Waals surface area contributed by atoms with Crippen LogP contribution in [0.3, 0.4) is 0 Å². The minimum Gasteiger partial charge on any atom is -0.377 e. The Bertz CT molecular complexity index is 1050. The maximum Gasteiger partial charge on any atom is 0.269 e. The normalized spacial score (nSPS) is 15.5. The lowest BCUT2D eigenvalue weighted by Crippen LogP contribution is -2.46. The standard InChI is InChI=1S/C22H28ClN5O3S/c1-14(2)27-8-6-15(7-9-27)25-22(29)17-11-24-21(13-30-3)28(17)12-16-10-18(31-26-16)19-4-5-20(23)32-19/h4-5,10-11,14-15H,6-9,12-13H2,1-3H3,(H,25,29). The SMILES string of the molecule is COCc1ncc(C(=O)NC2CCN(C(C)C)CC2)n1Cc1cc(-c2ccc(Cl)s2)on1. The van der Waals surface area contributed by atoms with E-state index in [0.717, 1.165) is 30.8 Å². The van der Waals surface area contributed by atoms with E-state index in [0.29, 0.717) is 46.5 Å². The third kappa shape index (κ3) is 5.23. The zero-order valence-corrected chi connectivity index (χ0v) is 20.1. The fourth-order valence-corrected chi connectivity index (χ4v) is 4.94. The van der Waals surface area contributed by atoms with Crippen LogP contribution < -0.4 is 5.32 Å². The largest absolute Gasteiger partial charge is 0.377 e. The fourth-order valence-electron chi connectivity index (χ4n) is 3.95. The molecule has 4 heterocycles. The van der Waals surface area contributed by atoms with E-state index in [2.05, 4.69) is 34.2 Å². The van der Waals surface area contributed by atoms with Gasteiger partial charge in [0.05, 0.1) is 22.0 Å². The van der Waals surface area contributed by atoms with Crippen molar-refractivity contribution in [3.63, 3.8) is 0 Å². The smallest absolute Gasteiger partial charge is 0.269 e. The van der Waals surface area contributed by atoms with Gasteiger partial charge in [0, 0.05) is 38.3 Å². The third-order valence-electron chi connectivity index (χ3n) is 5.73. The van der Waals surface area contributed by atoms with Gasteiger partial charge in [0.2, 0.25) is 0 Å². The molecule has 1 saturated heterocycles. The quantitative estimate of drug-likeness (QED) is 0.526. The molecule has 172 valence electrons. The van der Waals surface area contributed by atoms with Crippen LogP contribution in [-0.2, 0) is 17.9 Å². The molecule has 3 aromatic heterocycles. The Kier molecular flexibility index (Phi) is 7.30. The first-order valence-corrected chi connectivity index (χ1v) is 11.9. The maximum atomic E-state index is 13.1. The molecule has 1 fully saturated rings. The van der Waals surface area contributed by atoms with Gasteiger partial charge >= 0.3 is 0 Å². The highest BCUT2D eigenvalue weighted by molar-refractivity contribution is 7.19. The Morgan fingerprint density at radius 3 is 2.81 bits per heavy atom. The van der Waals surface area contributed by atoms with Crippen molar-refractivity contribution in [2.24, 2.45) is 0 Å². The van der Waals surface area contributed by atoms with Crippen molar-refractivity contribution in [3.8, 4) is 10.6 Å². The van der Waals surface area contributed by atoms with Gasteiger partial charge in [-0.25, -0.2) is 4.98 Å². The first kappa shape index (κ1) is 23.0. The predicted octanol–water partition coefficient (Wildman–Crippen LogP) is 4.05. The number of rotatable bonds is 8. The molecule has 1 aliphatic rings. The lowest BCUT2D eigenvalue weighted by atomic mass is 10.0. The highest BCUT2D eigenvalue weighted by Crippen LogP contribution is 2.31. The molecular weight excluding hydrogens is 450 g/mol. The molecular formula is C22H28ClN5O3S. The number of aromatic nitrogens is 3. The van der Waals surface area contributed by atoms with Crippen LogP contribution in [-0.4, -0.2) is 57.8 Å². The van der Waals surface area contributed by atoms with Crippen LogP contribution in [0.5, 0.6) is 0 Å². The number of carbonyl (C=O) groups is 1. The summed E-state index contributed by atoms with van der Waals surface area (Å²) in [5, 5.41) is 7.37. The average Bonchev–Trinajstić information content (AvgIpc) is 3.50. The van der Waals surface area contributed by atoms with Crippen LogP contribution in [0.4, 0.5) is 0 Å². The number of carbonyl (C=O) groups excluding carboxylic acids is 1. The van der Waals surface area contributed by atoms with E-state index in [9.17, 15) is 4.79 Å². The second-order valence-electron chi connectivity index (χ2n) is 8.24. The van der Waals surface area contributed by atoms with Gasteiger partial charge in [-0.3, -0.25) is 4.79 Å². The number of thiophene rings is 1. The summed E-state index contributed by atoms with van der Waals surface area (Å²) in [6.45, 7) is 7.05. The summed E-state index contributed by atoms with van der Waals surface area (Å²) in [6.07, 6.45) is 3.49. The molecule has 10 heteroatoms. The van der Waals surface area contributed by atoms with Gasteiger partial charge in [-0.15, -0.1) is 11.3 Å². The topological polar surface area (TPSA) is 85.4 Å². The highest BCUT2D eigenvalue weighted by atomic mass is 35.5.